The summed E-state index contributed by atoms with van der Waals surface area (Å²) in [5, 5.41) is 9.65. The fourth-order valence-corrected chi connectivity index (χ4v) is 2.18. The van der Waals surface area contributed by atoms with Crippen LogP contribution in [-0.4, -0.2) is 67.7 Å². The summed E-state index contributed by atoms with van der Waals surface area (Å²) in [6.07, 6.45) is 1.38. The first-order valence-electron chi connectivity index (χ1n) is 6.55. The second-order valence-electron chi connectivity index (χ2n) is 4.86. The first-order chi connectivity index (χ1) is 10.9. The molecule has 3 rings (SSSR count). The average molecular weight is 358 g/mol. The molecule has 2 heterocycles. The zero-order valence-corrected chi connectivity index (χ0v) is 15.2. The molecule has 0 aliphatic carbocycles. The largest absolute Gasteiger partial charge is 2.00 e. The van der Waals surface area contributed by atoms with Crippen molar-refractivity contribution < 1.29 is 17.6 Å². The molecule has 1 N–H and O–H groups in total. The van der Waals surface area contributed by atoms with Crippen molar-refractivity contribution in [2.45, 2.75) is 0 Å². The number of aromatic hydroxyl groups is 1. The fourth-order valence-electron chi connectivity index (χ4n) is 2.18. The molecule has 0 atom stereocenters. The average Bonchev–Trinajstić information content (AvgIpc) is 2.91. The van der Waals surface area contributed by atoms with E-state index in [9.17, 15) is 19.5 Å². The molecule has 9 nitrogen and oxygen atoms in total. The molecule has 2 aromatic heterocycles. The van der Waals surface area contributed by atoms with E-state index in [4.69, 9.17) is 4.84 Å². The van der Waals surface area contributed by atoms with Crippen LogP contribution in [0.15, 0.2) is 40.2 Å². The zero-order chi connectivity index (χ0) is 16.7. The number of aromatic nitrogens is 4. The van der Waals surface area contributed by atoms with Gasteiger partial charge in [-0.05, 0) is 12.1 Å². The normalized spacial score (nSPS) is 10.4. The molecular weight excluding hydrogens is 344 g/mol. The Hall–Kier alpha value is -2.10. The van der Waals surface area contributed by atoms with Crippen LogP contribution in [0.2, 0.25) is 0 Å². The molecule has 0 saturated carbocycles. The summed E-state index contributed by atoms with van der Waals surface area (Å²) in [5.41, 5.74) is -1.54. The van der Waals surface area contributed by atoms with E-state index in [1.807, 2.05) is 0 Å². The topological polar surface area (TPSA) is 108 Å². The number of aryl methyl sites for hydroxylation is 2. The molecule has 0 saturated heterocycles. The second-order valence-corrected chi connectivity index (χ2v) is 4.86. The van der Waals surface area contributed by atoms with Crippen LogP contribution >= 0.6 is 0 Å². The molecule has 0 unspecified atom stereocenters. The van der Waals surface area contributed by atoms with Gasteiger partial charge in [0, 0.05) is 14.1 Å². The van der Waals surface area contributed by atoms with E-state index in [0.717, 1.165) is 4.57 Å². The molecule has 0 aliphatic rings. The predicted molar refractivity (Wildman–Crippen MR) is 87.2 cm³/mol. The number of nitrogens with zero attached hydrogens (tertiary/aromatic N) is 4. The number of imidazole rings is 1. The molecule has 0 spiro atoms. The number of fused-ring (bicyclic) bond motifs is 1. The number of phenolic OH excluding ortho intramolecular Hbond substituents is 1. The van der Waals surface area contributed by atoms with Crippen molar-refractivity contribution in [1.29, 1.82) is 0 Å². The van der Waals surface area contributed by atoms with Crippen LogP contribution in [0.3, 0.4) is 0 Å². The van der Waals surface area contributed by atoms with E-state index in [1.54, 1.807) is 7.05 Å². The Bertz CT molecular complexity index is 1060. The number of phenols is 1. The Balaban J connectivity index is 0.00000208. The molecule has 10 heteroatoms. The molecule has 122 valence electrons. The number of para-hydroxylation sites is 1. The molecule has 0 radical (unpaired) electrons. The maximum Gasteiger partial charge on any atom is 2.00 e. The van der Waals surface area contributed by atoms with Crippen LogP contribution in [0, 0.1) is 0 Å². The van der Waals surface area contributed by atoms with E-state index in [2.05, 4.69) is 4.98 Å². The minimum atomic E-state index is -1.02. The molecule has 24 heavy (non-hydrogen) atoms. The van der Waals surface area contributed by atoms with Crippen LogP contribution in [-0.2, 0) is 14.1 Å². The molecule has 1 aromatic carbocycles. The third-order valence-electron chi connectivity index (χ3n) is 3.38. The van der Waals surface area contributed by atoms with Gasteiger partial charge < -0.3 is 17.4 Å². The van der Waals surface area contributed by atoms with Crippen molar-refractivity contribution >= 4 is 54.9 Å². The Morgan fingerprint density at radius 3 is 2.58 bits per heavy atom. The van der Waals surface area contributed by atoms with Gasteiger partial charge in [0.2, 0.25) is 0 Å². The standard InChI is InChI=1S/C14H12N4O5.Ca.2H/c1-16-7-15-11-10(16)12(20)18(14(22)17(11)2)23-13(21)8-5-3-4-6-9(8)19;;;/h3-7,19H,1-2H3;;;/q;+2;2*-1. The number of benzene rings is 1. The summed E-state index contributed by atoms with van der Waals surface area (Å²) < 4.78 is 2.86. The van der Waals surface area contributed by atoms with Gasteiger partial charge in [0.25, 0.3) is 0 Å². The Kier molecular flexibility index (Phi) is 5.16. The van der Waals surface area contributed by atoms with Gasteiger partial charge in [-0.15, -0.1) is 0 Å². The molecule has 3 aromatic rings. The van der Waals surface area contributed by atoms with Crippen LogP contribution in [0.25, 0.3) is 11.2 Å². The van der Waals surface area contributed by atoms with E-state index < -0.39 is 17.2 Å². The SMILES string of the molecule is Cn1cnc2c1c(=O)n(OC(=O)c1ccccc1O)c(=O)n2C.[Ca+2].[H-].[H-]. The van der Waals surface area contributed by atoms with Crippen molar-refractivity contribution in [3.05, 3.63) is 57.0 Å². The van der Waals surface area contributed by atoms with Gasteiger partial charge >= 0.3 is 55.0 Å². The Morgan fingerprint density at radius 2 is 1.92 bits per heavy atom. The number of rotatable bonds is 2. The van der Waals surface area contributed by atoms with Gasteiger partial charge in [0.1, 0.15) is 11.3 Å². The fraction of sp³-hybridized carbons (Fsp3) is 0.143. The van der Waals surface area contributed by atoms with Crippen molar-refractivity contribution in [3.63, 3.8) is 0 Å². The maximum atomic E-state index is 12.4. The van der Waals surface area contributed by atoms with Crippen LogP contribution < -0.4 is 16.1 Å². The van der Waals surface area contributed by atoms with Gasteiger partial charge in [-0.25, -0.2) is 14.6 Å². The first kappa shape index (κ1) is 18.2. The summed E-state index contributed by atoms with van der Waals surface area (Å²) in [6.45, 7) is 0. The molecular formula is C14H14CaN4O5. The minimum Gasteiger partial charge on any atom is -1.00 e. The van der Waals surface area contributed by atoms with Gasteiger partial charge in [0.05, 0.1) is 6.33 Å². The van der Waals surface area contributed by atoms with E-state index in [0.29, 0.717) is 4.73 Å². The summed E-state index contributed by atoms with van der Waals surface area (Å²) in [5.74, 6) is -1.34. The summed E-state index contributed by atoms with van der Waals surface area (Å²) in [6, 6.07) is 5.65. The van der Waals surface area contributed by atoms with Crippen molar-refractivity contribution in [3.8, 4) is 5.75 Å². The van der Waals surface area contributed by atoms with Crippen molar-refractivity contribution in [2.24, 2.45) is 14.1 Å². The Labute approximate surface area is 167 Å². The third-order valence-corrected chi connectivity index (χ3v) is 3.38. The predicted octanol–water partition coefficient (Wildman–Crippen LogP) is -0.748. The van der Waals surface area contributed by atoms with E-state index in [-0.39, 0.29) is 63.1 Å². The Morgan fingerprint density at radius 1 is 1.25 bits per heavy atom. The van der Waals surface area contributed by atoms with Crippen molar-refractivity contribution in [2.75, 3.05) is 0 Å². The van der Waals surface area contributed by atoms with Crippen LogP contribution in [0.4, 0.5) is 0 Å². The number of hydrogen-bond acceptors (Lipinski definition) is 6. The quantitative estimate of drug-likeness (QED) is 0.604. The number of carbonyl (C=O) groups is 1. The molecule has 0 bridgehead atoms. The minimum absolute atomic E-state index is 0. The van der Waals surface area contributed by atoms with E-state index in [1.165, 1.54) is 42.2 Å². The number of hydrogen-bond donors (Lipinski definition) is 1. The summed E-state index contributed by atoms with van der Waals surface area (Å²) in [4.78, 5) is 45.5. The van der Waals surface area contributed by atoms with Gasteiger partial charge in [-0.3, -0.25) is 9.36 Å². The summed E-state index contributed by atoms with van der Waals surface area (Å²) in [7, 11) is 2.98. The number of carbonyl (C=O) groups excluding carboxylic acids is 1. The van der Waals surface area contributed by atoms with Gasteiger partial charge in [-0.1, -0.05) is 16.9 Å². The summed E-state index contributed by atoms with van der Waals surface area (Å²) >= 11 is 0. The molecule has 0 amide bonds. The second kappa shape index (κ2) is 6.80. The van der Waals surface area contributed by atoms with Gasteiger partial charge in [-0.2, -0.15) is 0 Å². The molecule has 0 aliphatic heterocycles. The van der Waals surface area contributed by atoms with E-state index >= 15 is 0 Å². The third kappa shape index (κ3) is 2.85. The van der Waals surface area contributed by atoms with Crippen LogP contribution in [0.1, 0.15) is 13.2 Å². The first-order valence-corrected chi connectivity index (χ1v) is 6.55. The molecule has 0 fully saturated rings. The smallest absolute Gasteiger partial charge is 1.00 e. The monoisotopic (exact) mass is 358 g/mol. The van der Waals surface area contributed by atoms with Gasteiger partial charge in [0.15, 0.2) is 11.2 Å². The van der Waals surface area contributed by atoms with Crippen molar-refractivity contribution in [1.82, 2.24) is 18.8 Å². The zero-order valence-electron chi connectivity index (χ0n) is 15.0. The van der Waals surface area contributed by atoms with Crippen LogP contribution in [0.5, 0.6) is 5.75 Å². The maximum absolute atomic E-state index is 12.4.